The molecule has 0 aliphatic rings. The Morgan fingerprint density at radius 2 is 1.78 bits per heavy atom. The van der Waals surface area contributed by atoms with Gasteiger partial charge in [0, 0.05) is 17.0 Å². The molecule has 0 heterocycles. The third-order valence-corrected chi connectivity index (χ3v) is 6.16. The Morgan fingerprint density at radius 3 is 2.37 bits per heavy atom. The van der Waals surface area contributed by atoms with Crippen LogP contribution >= 0.6 is 11.6 Å². The molecule has 0 fully saturated rings. The summed E-state index contributed by atoms with van der Waals surface area (Å²) < 4.78 is 27.2. The van der Waals surface area contributed by atoms with Gasteiger partial charge in [-0.1, -0.05) is 55.3 Å². The largest absolute Gasteiger partial charge is 0.354 e. The van der Waals surface area contributed by atoms with E-state index >= 15 is 0 Å². The van der Waals surface area contributed by atoms with Gasteiger partial charge in [0.1, 0.15) is 0 Å². The fourth-order valence-corrected chi connectivity index (χ4v) is 3.93. The molecule has 0 unspecified atom stereocenters. The van der Waals surface area contributed by atoms with E-state index in [1.807, 2.05) is 39.0 Å². The second-order valence-corrected chi connectivity index (χ2v) is 9.42. The second-order valence-electron chi connectivity index (χ2n) is 7.27. The standard InChI is InChI=1S/C20H25ClN2O3S/c1-14-6-5-7-16(12-14)20(3,4)13-22-19(24)15(2)23-27(25,26)18-10-8-17(21)9-11-18/h5-12,15,23H,13H2,1-4H3,(H,22,24)/t15-/m0/s1. The van der Waals surface area contributed by atoms with Crippen molar-refractivity contribution < 1.29 is 13.2 Å². The second kappa shape index (κ2) is 8.42. The highest BCUT2D eigenvalue weighted by atomic mass is 35.5. The van der Waals surface area contributed by atoms with E-state index in [9.17, 15) is 13.2 Å². The molecule has 27 heavy (non-hydrogen) atoms. The molecule has 146 valence electrons. The summed E-state index contributed by atoms with van der Waals surface area (Å²) in [5.41, 5.74) is 1.98. The molecule has 1 amide bonds. The van der Waals surface area contributed by atoms with Crippen LogP contribution in [0.4, 0.5) is 0 Å². The average molecular weight is 409 g/mol. The zero-order valence-corrected chi connectivity index (χ0v) is 17.5. The fraction of sp³-hybridized carbons (Fsp3) is 0.350. The van der Waals surface area contributed by atoms with Crippen molar-refractivity contribution in [1.29, 1.82) is 0 Å². The zero-order chi connectivity index (χ0) is 20.2. The van der Waals surface area contributed by atoms with Crippen LogP contribution in [-0.2, 0) is 20.2 Å². The lowest BCUT2D eigenvalue weighted by Gasteiger charge is -2.27. The smallest absolute Gasteiger partial charge is 0.241 e. The van der Waals surface area contributed by atoms with Crippen molar-refractivity contribution in [3.05, 3.63) is 64.7 Å². The molecule has 0 spiro atoms. The van der Waals surface area contributed by atoms with Gasteiger partial charge in [0.25, 0.3) is 0 Å². The first kappa shape index (κ1) is 21.4. The summed E-state index contributed by atoms with van der Waals surface area (Å²) in [6, 6.07) is 13.0. The fourth-order valence-electron chi connectivity index (χ4n) is 2.60. The number of rotatable bonds is 7. The Labute approximate surface area is 166 Å². The van der Waals surface area contributed by atoms with Crippen LogP contribution in [0, 0.1) is 6.92 Å². The molecule has 0 saturated carbocycles. The van der Waals surface area contributed by atoms with Crippen LogP contribution in [0.1, 0.15) is 31.9 Å². The molecule has 0 radical (unpaired) electrons. The summed E-state index contributed by atoms with van der Waals surface area (Å²) >= 11 is 5.78. The van der Waals surface area contributed by atoms with Gasteiger partial charge in [-0.15, -0.1) is 0 Å². The third-order valence-electron chi connectivity index (χ3n) is 4.35. The molecule has 1 atom stereocenters. The van der Waals surface area contributed by atoms with Crippen molar-refractivity contribution in [2.45, 2.75) is 44.0 Å². The third kappa shape index (κ3) is 5.79. The Hall–Kier alpha value is -1.89. The van der Waals surface area contributed by atoms with Gasteiger partial charge in [-0.3, -0.25) is 4.79 Å². The number of hydrogen-bond acceptors (Lipinski definition) is 3. The van der Waals surface area contributed by atoms with Crippen molar-refractivity contribution >= 4 is 27.5 Å². The number of carbonyl (C=O) groups excluding carboxylic acids is 1. The highest BCUT2D eigenvalue weighted by molar-refractivity contribution is 7.89. The first-order valence-corrected chi connectivity index (χ1v) is 10.5. The average Bonchev–Trinajstić information content (AvgIpc) is 2.59. The van der Waals surface area contributed by atoms with Gasteiger partial charge in [-0.05, 0) is 43.7 Å². The molecule has 0 aromatic heterocycles. The van der Waals surface area contributed by atoms with Gasteiger partial charge in [0.2, 0.25) is 15.9 Å². The van der Waals surface area contributed by atoms with Gasteiger partial charge >= 0.3 is 0 Å². The lowest BCUT2D eigenvalue weighted by Crippen LogP contribution is -2.47. The quantitative estimate of drug-likeness (QED) is 0.737. The van der Waals surface area contributed by atoms with Gasteiger partial charge in [-0.2, -0.15) is 4.72 Å². The van der Waals surface area contributed by atoms with Crippen LogP contribution in [0.3, 0.4) is 0 Å². The van der Waals surface area contributed by atoms with E-state index in [4.69, 9.17) is 11.6 Å². The summed E-state index contributed by atoms with van der Waals surface area (Å²) in [5.74, 6) is -0.381. The molecule has 0 aliphatic carbocycles. The SMILES string of the molecule is Cc1cccc(C(C)(C)CNC(=O)[C@H](C)NS(=O)(=O)c2ccc(Cl)cc2)c1. The summed E-state index contributed by atoms with van der Waals surface area (Å²) in [4.78, 5) is 12.5. The van der Waals surface area contributed by atoms with Crippen LogP contribution in [0.25, 0.3) is 0 Å². The van der Waals surface area contributed by atoms with E-state index in [0.717, 1.165) is 11.1 Å². The van der Waals surface area contributed by atoms with Gasteiger partial charge < -0.3 is 5.32 Å². The Bertz CT molecular complexity index is 909. The Kier molecular flexibility index (Phi) is 6.68. The molecule has 2 rings (SSSR count). The maximum absolute atomic E-state index is 12.4. The van der Waals surface area contributed by atoms with Crippen molar-refractivity contribution in [1.82, 2.24) is 10.0 Å². The molecule has 2 aromatic carbocycles. The van der Waals surface area contributed by atoms with Gasteiger partial charge in [0.05, 0.1) is 10.9 Å². The van der Waals surface area contributed by atoms with E-state index in [1.54, 1.807) is 0 Å². The monoisotopic (exact) mass is 408 g/mol. The van der Waals surface area contributed by atoms with Crippen molar-refractivity contribution in [3.8, 4) is 0 Å². The van der Waals surface area contributed by atoms with Crippen molar-refractivity contribution in [2.24, 2.45) is 0 Å². The van der Waals surface area contributed by atoms with Crippen LogP contribution in [-0.4, -0.2) is 26.9 Å². The minimum Gasteiger partial charge on any atom is -0.354 e. The summed E-state index contributed by atoms with van der Waals surface area (Å²) in [6.45, 7) is 7.99. The Balaban J connectivity index is 2.00. The topological polar surface area (TPSA) is 75.3 Å². The van der Waals surface area contributed by atoms with E-state index in [0.29, 0.717) is 11.6 Å². The highest BCUT2D eigenvalue weighted by Crippen LogP contribution is 2.23. The highest BCUT2D eigenvalue weighted by Gasteiger charge is 2.25. The minimum atomic E-state index is -3.80. The molecular weight excluding hydrogens is 384 g/mol. The van der Waals surface area contributed by atoms with E-state index in [1.165, 1.54) is 31.2 Å². The molecule has 5 nitrogen and oxygen atoms in total. The molecule has 2 aromatic rings. The van der Waals surface area contributed by atoms with E-state index in [2.05, 4.69) is 16.1 Å². The number of sulfonamides is 1. The van der Waals surface area contributed by atoms with Crippen LogP contribution < -0.4 is 10.0 Å². The number of benzene rings is 2. The first-order chi connectivity index (χ1) is 12.5. The maximum atomic E-state index is 12.4. The minimum absolute atomic E-state index is 0.0617. The first-order valence-electron chi connectivity index (χ1n) is 8.64. The van der Waals surface area contributed by atoms with E-state index in [-0.39, 0.29) is 16.2 Å². The summed E-state index contributed by atoms with van der Waals surface area (Å²) in [6.07, 6.45) is 0. The van der Waals surface area contributed by atoms with Crippen LogP contribution in [0.5, 0.6) is 0 Å². The number of nitrogens with one attached hydrogen (secondary N) is 2. The molecule has 7 heteroatoms. The number of aryl methyl sites for hydroxylation is 1. The predicted octanol–water partition coefficient (Wildman–Crippen LogP) is 3.41. The number of hydrogen-bond donors (Lipinski definition) is 2. The zero-order valence-electron chi connectivity index (χ0n) is 15.9. The van der Waals surface area contributed by atoms with E-state index < -0.39 is 16.1 Å². The van der Waals surface area contributed by atoms with Crippen molar-refractivity contribution in [3.63, 3.8) is 0 Å². The van der Waals surface area contributed by atoms with Gasteiger partial charge in [-0.25, -0.2) is 8.42 Å². The number of carbonyl (C=O) groups is 1. The van der Waals surface area contributed by atoms with Crippen LogP contribution in [0.15, 0.2) is 53.4 Å². The molecular formula is C20H25ClN2O3S. The number of amides is 1. The summed E-state index contributed by atoms with van der Waals surface area (Å²) in [5, 5.41) is 3.28. The lowest BCUT2D eigenvalue weighted by molar-refractivity contribution is -0.122. The molecule has 0 saturated heterocycles. The normalized spacial score (nSPS) is 13.2. The molecule has 0 aliphatic heterocycles. The lowest BCUT2D eigenvalue weighted by atomic mass is 9.84. The van der Waals surface area contributed by atoms with Gasteiger partial charge in [0.15, 0.2) is 0 Å². The van der Waals surface area contributed by atoms with Crippen LogP contribution in [0.2, 0.25) is 5.02 Å². The summed E-state index contributed by atoms with van der Waals surface area (Å²) in [7, 11) is -3.80. The van der Waals surface area contributed by atoms with Crippen molar-refractivity contribution in [2.75, 3.05) is 6.54 Å². The molecule has 0 bridgehead atoms. The Morgan fingerprint density at radius 1 is 1.15 bits per heavy atom. The number of halogens is 1. The molecule has 2 N–H and O–H groups in total. The predicted molar refractivity (Wildman–Crippen MR) is 108 cm³/mol. The maximum Gasteiger partial charge on any atom is 0.241 e.